The normalized spacial score (nSPS) is 16.6. The molecule has 3 heterocycles. The summed E-state index contributed by atoms with van der Waals surface area (Å²) in [6, 6.07) is 10.6. The minimum absolute atomic E-state index is 0.196. The zero-order chi connectivity index (χ0) is 25.0. The first kappa shape index (κ1) is 25.0. The molecule has 2 aromatic heterocycles. The van der Waals surface area contributed by atoms with Crippen LogP contribution in [0, 0.1) is 13.8 Å². The second-order valence-corrected chi connectivity index (χ2v) is 8.95. The molecule has 1 N–H and O–H groups in total. The second-order valence-electron chi connectivity index (χ2n) is 8.95. The second kappa shape index (κ2) is 10.6. The maximum absolute atomic E-state index is 9.72. The maximum Gasteiger partial charge on any atom is 0.237 e. The average Bonchev–Trinajstić information content (AvgIpc) is 2.89. The van der Waals surface area contributed by atoms with Crippen LogP contribution in [0.1, 0.15) is 35.0 Å². The van der Waals surface area contributed by atoms with Crippen LogP contribution in [0.25, 0.3) is 0 Å². The SMILES string of the molecule is COC(CO)(OC)c1cnc(N2CCN(c3nnc(Cc4ccccc4)c(C)c3C)C[C@H]2C)cn1. The number of ether oxygens (including phenoxy) is 2. The molecule has 0 saturated carbocycles. The van der Waals surface area contributed by atoms with Gasteiger partial charge in [-0.15, -0.1) is 5.10 Å². The lowest BCUT2D eigenvalue weighted by Crippen LogP contribution is -2.53. The third-order valence-corrected chi connectivity index (χ3v) is 6.93. The van der Waals surface area contributed by atoms with E-state index in [-0.39, 0.29) is 12.6 Å². The molecule has 0 amide bonds. The molecule has 1 aliphatic rings. The molecular weight excluding hydrogens is 444 g/mol. The van der Waals surface area contributed by atoms with Crippen LogP contribution >= 0.6 is 0 Å². The van der Waals surface area contributed by atoms with Gasteiger partial charge in [-0.3, -0.25) is 4.98 Å². The summed E-state index contributed by atoms with van der Waals surface area (Å²) in [6.07, 6.45) is 4.09. The van der Waals surface area contributed by atoms with Gasteiger partial charge >= 0.3 is 0 Å². The third kappa shape index (κ3) is 4.98. The average molecular weight is 479 g/mol. The first-order chi connectivity index (χ1) is 16.9. The Hall–Kier alpha value is -3.14. The summed E-state index contributed by atoms with van der Waals surface area (Å²) in [7, 11) is 2.94. The Labute approximate surface area is 206 Å². The smallest absolute Gasteiger partial charge is 0.237 e. The highest BCUT2D eigenvalue weighted by atomic mass is 16.7. The van der Waals surface area contributed by atoms with E-state index in [9.17, 15) is 5.11 Å². The highest BCUT2D eigenvalue weighted by Crippen LogP contribution is 2.28. The van der Waals surface area contributed by atoms with E-state index in [4.69, 9.17) is 9.47 Å². The molecule has 1 aromatic carbocycles. The number of piperazine rings is 1. The van der Waals surface area contributed by atoms with Crippen molar-refractivity contribution in [3.63, 3.8) is 0 Å². The quantitative estimate of drug-likeness (QED) is 0.490. The van der Waals surface area contributed by atoms with Crippen molar-refractivity contribution in [2.45, 2.75) is 39.0 Å². The third-order valence-electron chi connectivity index (χ3n) is 6.93. The molecule has 0 spiro atoms. The summed E-state index contributed by atoms with van der Waals surface area (Å²) in [6.45, 7) is 8.46. The first-order valence-corrected chi connectivity index (χ1v) is 11.8. The summed E-state index contributed by atoms with van der Waals surface area (Å²) in [5.41, 5.74) is 5.05. The van der Waals surface area contributed by atoms with Gasteiger partial charge in [-0.2, -0.15) is 5.10 Å². The predicted octanol–water partition coefficient (Wildman–Crippen LogP) is 2.63. The molecule has 1 atom stereocenters. The highest BCUT2D eigenvalue weighted by molar-refractivity contribution is 5.53. The minimum atomic E-state index is -1.31. The van der Waals surface area contributed by atoms with Gasteiger partial charge in [0.1, 0.15) is 18.1 Å². The summed E-state index contributed by atoms with van der Waals surface area (Å²) in [4.78, 5) is 13.6. The molecule has 1 fully saturated rings. The van der Waals surface area contributed by atoms with Gasteiger partial charge in [0, 0.05) is 46.3 Å². The standard InChI is InChI=1S/C26H34N6O3/c1-18-16-31(25-20(3)19(2)22(29-30-25)13-21-9-7-6-8-10-21)11-12-32(18)24-15-27-23(14-28-24)26(17-33,34-4)35-5/h6-10,14-15,18,33H,11-13,16-17H2,1-5H3/t18-/m1/s1. The molecule has 3 aromatic rings. The molecule has 9 heteroatoms. The van der Waals surface area contributed by atoms with Crippen LogP contribution in [0.5, 0.6) is 0 Å². The number of hydrogen-bond donors (Lipinski definition) is 1. The lowest BCUT2D eigenvalue weighted by molar-refractivity contribution is -0.238. The van der Waals surface area contributed by atoms with E-state index in [0.29, 0.717) is 5.69 Å². The maximum atomic E-state index is 9.72. The summed E-state index contributed by atoms with van der Waals surface area (Å²) in [5, 5.41) is 18.9. The number of hydrogen-bond acceptors (Lipinski definition) is 9. The molecular formula is C26H34N6O3. The van der Waals surface area contributed by atoms with Crippen LogP contribution in [-0.2, 0) is 21.7 Å². The Morgan fingerprint density at radius 1 is 1.00 bits per heavy atom. The summed E-state index contributed by atoms with van der Waals surface area (Å²) >= 11 is 0. The Balaban J connectivity index is 1.47. The Morgan fingerprint density at radius 2 is 1.74 bits per heavy atom. The van der Waals surface area contributed by atoms with Crippen molar-refractivity contribution in [3.8, 4) is 0 Å². The molecule has 35 heavy (non-hydrogen) atoms. The van der Waals surface area contributed by atoms with E-state index in [1.165, 1.54) is 30.9 Å². The lowest BCUT2D eigenvalue weighted by Gasteiger charge is -2.41. The number of aliphatic hydroxyl groups is 1. The van der Waals surface area contributed by atoms with E-state index >= 15 is 0 Å². The zero-order valence-electron chi connectivity index (χ0n) is 21.1. The van der Waals surface area contributed by atoms with E-state index in [0.717, 1.165) is 43.4 Å². The fraction of sp³-hybridized carbons (Fsp3) is 0.462. The van der Waals surface area contributed by atoms with Gasteiger partial charge < -0.3 is 24.4 Å². The zero-order valence-corrected chi connectivity index (χ0v) is 21.1. The van der Waals surface area contributed by atoms with Gasteiger partial charge in [0.15, 0.2) is 5.82 Å². The lowest BCUT2D eigenvalue weighted by atomic mass is 10.0. The molecule has 9 nitrogen and oxygen atoms in total. The van der Waals surface area contributed by atoms with Gasteiger partial charge in [0.05, 0.1) is 18.1 Å². The van der Waals surface area contributed by atoms with E-state index in [1.807, 2.05) is 6.07 Å². The van der Waals surface area contributed by atoms with Gasteiger partial charge in [0.25, 0.3) is 0 Å². The topological polar surface area (TPSA) is 96.7 Å². The van der Waals surface area contributed by atoms with Gasteiger partial charge in [-0.05, 0) is 37.5 Å². The molecule has 186 valence electrons. The first-order valence-electron chi connectivity index (χ1n) is 11.8. The van der Waals surface area contributed by atoms with Crippen molar-refractivity contribution < 1.29 is 14.6 Å². The monoisotopic (exact) mass is 478 g/mol. The van der Waals surface area contributed by atoms with Crippen molar-refractivity contribution in [1.82, 2.24) is 20.2 Å². The molecule has 1 saturated heterocycles. The van der Waals surface area contributed by atoms with E-state index in [1.54, 1.807) is 12.4 Å². The van der Waals surface area contributed by atoms with Gasteiger partial charge in [-0.25, -0.2) is 4.98 Å². The molecule has 1 aliphatic heterocycles. The van der Waals surface area contributed by atoms with Crippen LogP contribution in [0.3, 0.4) is 0 Å². The van der Waals surface area contributed by atoms with Crippen LogP contribution in [0.2, 0.25) is 0 Å². The number of benzene rings is 1. The van der Waals surface area contributed by atoms with Gasteiger partial charge in [0.2, 0.25) is 5.79 Å². The van der Waals surface area contributed by atoms with E-state index < -0.39 is 5.79 Å². The molecule has 4 rings (SSSR count). The van der Waals surface area contributed by atoms with Crippen molar-refractivity contribution >= 4 is 11.6 Å². The van der Waals surface area contributed by atoms with Crippen LogP contribution in [0.15, 0.2) is 42.7 Å². The predicted molar refractivity (Wildman–Crippen MR) is 135 cm³/mol. The minimum Gasteiger partial charge on any atom is -0.390 e. The fourth-order valence-electron chi connectivity index (χ4n) is 4.56. The van der Waals surface area contributed by atoms with Crippen molar-refractivity contribution in [1.29, 1.82) is 0 Å². The van der Waals surface area contributed by atoms with Crippen LogP contribution < -0.4 is 9.80 Å². The highest BCUT2D eigenvalue weighted by Gasteiger charge is 2.34. The molecule has 0 bridgehead atoms. The Bertz CT molecular complexity index is 1110. The number of nitrogens with zero attached hydrogens (tertiary/aromatic N) is 6. The number of anilines is 2. The molecule has 0 aliphatic carbocycles. The summed E-state index contributed by atoms with van der Waals surface area (Å²) < 4.78 is 10.7. The summed E-state index contributed by atoms with van der Waals surface area (Å²) in [5.74, 6) is 0.411. The van der Waals surface area contributed by atoms with E-state index in [2.05, 4.69) is 75.0 Å². The van der Waals surface area contributed by atoms with Crippen molar-refractivity contribution in [2.75, 3.05) is 50.3 Å². The fourth-order valence-corrected chi connectivity index (χ4v) is 4.56. The largest absolute Gasteiger partial charge is 0.390 e. The number of rotatable bonds is 8. The number of methoxy groups -OCH3 is 2. The molecule has 0 unspecified atom stereocenters. The Morgan fingerprint density at radius 3 is 2.34 bits per heavy atom. The van der Waals surface area contributed by atoms with Gasteiger partial charge in [-0.1, -0.05) is 30.3 Å². The van der Waals surface area contributed by atoms with Crippen LogP contribution in [0.4, 0.5) is 11.6 Å². The number of aromatic nitrogens is 4. The molecule has 0 radical (unpaired) electrons. The van der Waals surface area contributed by atoms with Crippen molar-refractivity contribution in [2.24, 2.45) is 0 Å². The number of aliphatic hydroxyl groups excluding tert-OH is 1. The Kier molecular flexibility index (Phi) is 7.59. The van der Waals surface area contributed by atoms with Crippen molar-refractivity contribution in [3.05, 3.63) is 70.8 Å². The van der Waals surface area contributed by atoms with Crippen LogP contribution in [-0.4, -0.2) is 71.8 Å².